The normalized spacial score (nSPS) is 18.2. The maximum absolute atomic E-state index is 13.7. The maximum atomic E-state index is 13.7. The van der Waals surface area contributed by atoms with Gasteiger partial charge in [0.1, 0.15) is 12.4 Å². The van der Waals surface area contributed by atoms with Crippen LogP contribution in [-0.2, 0) is 10.0 Å². The highest BCUT2D eigenvalue weighted by molar-refractivity contribution is 7.89. The topological polar surface area (TPSA) is 137 Å². The molecule has 12 nitrogen and oxygen atoms in total. The Kier molecular flexibility index (Phi) is 8.26. The third kappa shape index (κ3) is 6.04. The van der Waals surface area contributed by atoms with E-state index in [4.69, 9.17) is 14.0 Å². The minimum atomic E-state index is -3.71. The summed E-state index contributed by atoms with van der Waals surface area (Å²) in [5.41, 5.74) is 2.21. The third-order valence-electron chi connectivity index (χ3n) is 8.11. The van der Waals surface area contributed by atoms with Crippen LogP contribution in [0.3, 0.4) is 0 Å². The molecule has 2 saturated heterocycles. The molecular formula is C30H35N7O5S. The summed E-state index contributed by atoms with van der Waals surface area (Å²) < 4.78 is 46.0. The second-order valence-electron chi connectivity index (χ2n) is 11.0. The summed E-state index contributed by atoms with van der Waals surface area (Å²) in [6.45, 7) is 5.74. The second-order valence-corrected chi connectivity index (χ2v) is 12.8. The highest BCUT2D eigenvalue weighted by atomic mass is 32.2. The molecule has 1 aromatic carbocycles. The van der Waals surface area contributed by atoms with Gasteiger partial charge >= 0.3 is 0 Å². The molecule has 2 fully saturated rings. The Labute approximate surface area is 251 Å². The number of nitrogens with zero attached hydrogens (tertiary/aromatic N) is 7. The van der Waals surface area contributed by atoms with E-state index in [0.29, 0.717) is 51.9 Å². The van der Waals surface area contributed by atoms with Crippen LogP contribution in [0.25, 0.3) is 11.4 Å². The minimum Gasteiger partial charge on any atom is -0.497 e. The lowest BCUT2D eigenvalue weighted by molar-refractivity contribution is 0.225. The van der Waals surface area contributed by atoms with Crippen molar-refractivity contribution in [1.29, 1.82) is 0 Å². The van der Waals surface area contributed by atoms with E-state index in [1.54, 1.807) is 62.1 Å². The number of benzene rings is 1. The first kappa shape index (κ1) is 29.0. The Hall–Kier alpha value is -4.10. The van der Waals surface area contributed by atoms with Crippen molar-refractivity contribution in [2.45, 2.75) is 56.4 Å². The lowest BCUT2D eigenvalue weighted by Gasteiger charge is -2.30. The maximum Gasteiger partial charge on any atom is 0.243 e. The van der Waals surface area contributed by atoms with Crippen molar-refractivity contribution in [1.82, 2.24) is 29.4 Å². The number of ether oxygens (including phenoxy) is 2. The number of rotatable bonds is 9. The van der Waals surface area contributed by atoms with Gasteiger partial charge in [-0.15, -0.1) is 0 Å². The molecular weight excluding hydrogens is 570 g/mol. The first-order chi connectivity index (χ1) is 20.8. The highest BCUT2D eigenvalue weighted by Gasteiger charge is 2.37. The molecule has 1 atom stereocenters. The van der Waals surface area contributed by atoms with E-state index >= 15 is 0 Å². The molecule has 13 heteroatoms. The first-order valence-electron chi connectivity index (χ1n) is 14.5. The second kappa shape index (κ2) is 12.3. The molecule has 0 unspecified atom stereocenters. The van der Waals surface area contributed by atoms with E-state index in [9.17, 15) is 8.42 Å². The van der Waals surface area contributed by atoms with Crippen LogP contribution in [0.5, 0.6) is 11.6 Å². The summed E-state index contributed by atoms with van der Waals surface area (Å²) in [5, 5.41) is 4.14. The quantitative estimate of drug-likeness (QED) is 0.272. The van der Waals surface area contributed by atoms with Gasteiger partial charge in [-0.25, -0.2) is 13.4 Å². The van der Waals surface area contributed by atoms with Crippen LogP contribution in [0.15, 0.2) is 58.3 Å². The summed E-state index contributed by atoms with van der Waals surface area (Å²) >= 11 is 0. The van der Waals surface area contributed by atoms with E-state index < -0.39 is 10.0 Å². The van der Waals surface area contributed by atoms with Crippen molar-refractivity contribution in [3.05, 3.63) is 65.9 Å². The van der Waals surface area contributed by atoms with Crippen molar-refractivity contribution >= 4 is 16.0 Å². The molecule has 0 N–H and O–H groups in total. The average molecular weight is 606 g/mol. The van der Waals surface area contributed by atoms with E-state index in [1.165, 1.54) is 0 Å². The standard InChI is InChI=1S/C30H35N7O5S/c1-20-17-25(40-3)18-21(2)27(20)43(38,39)37-14-4-5-24(37)19-41-26-8-13-32-30(33-26)36-15-9-23(10-16-36)29-34-28(35-42-29)22-6-11-31-12-7-22/h6-8,11-13,17-18,23-24H,4-5,9-10,14-16,19H2,1-3H3/t24-/m0/s1. The van der Waals surface area contributed by atoms with Crippen LogP contribution >= 0.6 is 0 Å². The third-order valence-corrected chi connectivity index (χ3v) is 10.4. The fourth-order valence-corrected chi connectivity index (χ4v) is 8.03. The molecule has 0 amide bonds. The predicted molar refractivity (Wildman–Crippen MR) is 159 cm³/mol. The molecule has 226 valence electrons. The number of methoxy groups -OCH3 is 1. The Morgan fingerprint density at radius 3 is 2.44 bits per heavy atom. The van der Waals surface area contributed by atoms with Crippen LogP contribution in [0.4, 0.5) is 5.95 Å². The zero-order valence-corrected chi connectivity index (χ0v) is 25.3. The summed E-state index contributed by atoms with van der Waals surface area (Å²) in [4.78, 5) is 20.2. The molecule has 6 rings (SSSR count). The molecule has 0 aliphatic carbocycles. The number of pyridine rings is 1. The number of piperidine rings is 1. The monoisotopic (exact) mass is 605 g/mol. The molecule has 0 spiro atoms. The summed E-state index contributed by atoms with van der Waals surface area (Å²) in [7, 11) is -2.13. The van der Waals surface area contributed by atoms with Gasteiger partial charge in [0.25, 0.3) is 0 Å². The van der Waals surface area contributed by atoms with Gasteiger partial charge in [-0.05, 0) is 74.9 Å². The molecule has 0 saturated carbocycles. The van der Waals surface area contributed by atoms with Gasteiger partial charge < -0.3 is 18.9 Å². The molecule has 3 aromatic heterocycles. The zero-order chi connectivity index (χ0) is 30.0. The zero-order valence-electron chi connectivity index (χ0n) is 24.5. The smallest absolute Gasteiger partial charge is 0.243 e. The van der Waals surface area contributed by atoms with Crippen molar-refractivity contribution in [3.63, 3.8) is 0 Å². The summed E-state index contributed by atoms with van der Waals surface area (Å²) in [5.74, 6) is 3.01. The Morgan fingerprint density at radius 2 is 1.72 bits per heavy atom. The van der Waals surface area contributed by atoms with Crippen molar-refractivity contribution in [3.8, 4) is 23.0 Å². The Balaban J connectivity index is 1.08. The lowest BCUT2D eigenvalue weighted by atomic mass is 9.97. The van der Waals surface area contributed by atoms with Crippen molar-refractivity contribution < 1.29 is 22.4 Å². The number of anilines is 1. The van der Waals surface area contributed by atoms with E-state index in [2.05, 4.69) is 30.0 Å². The molecule has 43 heavy (non-hydrogen) atoms. The van der Waals surface area contributed by atoms with Gasteiger partial charge in [-0.2, -0.15) is 14.3 Å². The Morgan fingerprint density at radius 1 is 0.977 bits per heavy atom. The number of hydrogen-bond donors (Lipinski definition) is 0. The van der Waals surface area contributed by atoms with E-state index in [-0.39, 0.29) is 18.6 Å². The van der Waals surface area contributed by atoms with Crippen LogP contribution in [-0.4, -0.2) is 77.2 Å². The number of sulfonamides is 1. The molecule has 0 radical (unpaired) electrons. The molecule has 0 bridgehead atoms. The predicted octanol–water partition coefficient (Wildman–Crippen LogP) is 4.16. The molecule has 4 aromatic rings. The average Bonchev–Trinajstić information content (AvgIpc) is 3.71. The Bertz CT molecular complexity index is 1650. The lowest BCUT2D eigenvalue weighted by Crippen LogP contribution is -2.39. The van der Waals surface area contributed by atoms with E-state index in [0.717, 1.165) is 44.3 Å². The van der Waals surface area contributed by atoms with Gasteiger partial charge in [-0.1, -0.05) is 5.16 Å². The van der Waals surface area contributed by atoms with Gasteiger partial charge in [-0.3, -0.25) is 4.98 Å². The highest BCUT2D eigenvalue weighted by Crippen LogP contribution is 2.33. The van der Waals surface area contributed by atoms with Crippen LogP contribution in [0, 0.1) is 13.8 Å². The van der Waals surface area contributed by atoms with Crippen molar-refractivity contribution in [2.24, 2.45) is 0 Å². The SMILES string of the molecule is COc1cc(C)c(S(=O)(=O)N2CCC[C@H]2COc2ccnc(N3CCC(c4nc(-c5ccncc5)no4)CC3)n2)c(C)c1. The van der Waals surface area contributed by atoms with E-state index in [1.807, 2.05) is 12.1 Å². The van der Waals surface area contributed by atoms with Gasteiger partial charge in [0.05, 0.1) is 18.0 Å². The number of aryl methyl sites for hydroxylation is 2. The minimum absolute atomic E-state index is 0.159. The summed E-state index contributed by atoms with van der Waals surface area (Å²) in [6, 6.07) is 8.65. The fraction of sp³-hybridized carbons (Fsp3) is 0.433. The van der Waals surface area contributed by atoms with Crippen LogP contribution < -0.4 is 14.4 Å². The molecule has 2 aliphatic rings. The van der Waals surface area contributed by atoms with Gasteiger partial charge in [0.15, 0.2) is 0 Å². The van der Waals surface area contributed by atoms with Crippen LogP contribution in [0.2, 0.25) is 0 Å². The van der Waals surface area contributed by atoms with Crippen molar-refractivity contribution in [2.75, 3.05) is 38.3 Å². The van der Waals surface area contributed by atoms with Gasteiger partial charge in [0.2, 0.25) is 33.6 Å². The number of aromatic nitrogens is 5. The van der Waals surface area contributed by atoms with Crippen LogP contribution in [0.1, 0.15) is 48.6 Å². The largest absolute Gasteiger partial charge is 0.497 e. The number of hydrogen-bond acceptors (Lipinski definition) is 11. The molecule has 2 aliphatic heterocycles. The van der Waals surface area contributed by atoms with Gasteiger partial charge in [0, 0.05) is 55.8 Å². The fourth-order valence-electron chi connectivity index (χ4n) is 5.94. The summed E-state index contributed by atoms with van der Waals surface area (Å²) in [6.07, 6.45) is 8.23. The first-order valence-corrected chi connectivity index (χ1v) is 15.9. The molecule has 5 heterocycles.